The van der Waals surface area contributed by atoms with E-state index in [1.165, 1.54) is 12.4 Å². The minimum Gasteiger partial charge on any atom is -0.477 e. The zero-order valence-electron chi connectivity index (χ0n) is 14.1. The van der Waals surface area contributed by atoms with E-state index in [1.807, 2.05) is 20.8 Å². The van der Waals surface area contributed by atoms with Crippen molar-refractivity contribution in [2.45, 2.75) is 26.3 Å². The Morgan fingerprint density at radius 1 is 1.28 bits per heavy atom. The quantitative estimate of drug-likeness (QED) is 0.773. The Balaban J connectivity index is 2.45. The average molecular weight is 340 g/mol. The summed E-state index contributed by atoms with van der Waals surface area (Å²) in [6.45, 7) is 5.65. The van der Waals surface area contributed by atoms with Crippen LogP contribution in [0.5, 0.6) is 0 Å². The molecule has 128 valence electrons. The fourth-order valence-electron chi connectivity index (χ4n) is 2.80. The molecule has 0 amide bonds. The molecule has 0 spiro atoms. The highest BCUT2D eigenvalue weighted by molar-refractivity contribution is 5.94. The van der Waals surface area contributed by atoms with Gasteiger partial charge in [0.25, 0.3) is 0 Å². The van der Waals surface area contributed by atoms with Gasteiger partial charge in [-0.15, -0.1) is 0 Å². The van der Waals surface area contributed by atoms with E-state index >= 15 is 0 Å². The van der Waals surface area contributed by atoms with Crippen LogP contribution in [0.4, 0.5) is 4.39 Å². The van der Waals surface area contributed by atoms with Gasteiger partial charge in [0.05, 0.1) is 5.52 Å². The molecule has 0 radical (unpaired) electrons. The Hall–Kier alpha value is -3.02. The third-order valence-electron chi connectivity index (χ3n) is 4.02. The Bertz CT molecular complexity index is 1030. The lowest BCUT2D eigenvalue weighted by Gasteiger charge is -2.26. The van der Waals surface area contributed by atoms with Crippen molar-refractivity contribution < 1.29 is 14.3 Å². The number of hydrogen-bond acceptors (Lipinski definition) is 3. The summed E-state index contributed by atoms with van der Waals surface area (Å²) in [7, 11) is 0. The number of rotatable bonds is 2. The van der Waals surface area contributed by atoms with Gasteiger partial charge in [0.1, 0.15) is 11.4 Å². The van der Waals surface area contributed by atoms with E-state index in [0.717, 1.165) is 6.07 Å². The van der Waals surface area contributed by atoms with Crippen molar-refractivity contribution in [2.24, 2.45) is 0 Å². The van der Waals surface area contributed by atoms with E-state index < -0.39 is 22.8 Å². The minimum atomic E-state index is -1.33. The second kappa shape index (κ2) is 5.81. The standard InChI is InChI=1S/C19H17FN2O3/c1-19(2,3)22-10-14(18(24)25)17(23)13-7-15(20)12(8-16(13)22)11-5-4-6-21-9-11/h4-10H,1-3H3,(H,24,25). The van der Waals surface area contributed by atoms with E-state index in [4.69, 9.17) is 0 Å². The molecule has 1 N–H and O–H groups in total. The summed E-state index contributed by atoms with van der Waals surface area (Å²) >= 11 is 0. The number of benzene rings is 1. The molecule has 5 nitrogen and oxygen atoms in total. The van der Waals surface area contributed by atoms with Crippen LogP contribution in [0.3, 0.4) is 0 Å². The third kappa shape index (κ3) is 2.91. The molecule has 2 aromatic heterocycles. The molecule has 3 rings (SSSR count). The molecule has 0 saturated heterocycles. The van der Waals surface area contributed by atoms with E-state index in [-0.39, 0.29) is 10.9 Å². The van der Waals surface area contributed by atoms with Gasteiger partial charge in [-0.2, -0.15) is 0 Å². The molecule has 0 aliphatic carbocycles. The molecule has 0 saturated carbocycles. The number of aromatic nitrogens is 2. The number of pyridine rings is 2. The maximum absolute atomic E-state index is 14.6. The second-order valence-electron chi connectivity index (χ2n) is 6.81. The number of carbonyl (C=O) groups is 1. The predicted molar refractivity (Wildman–Crippen MR) is 93.4 cm³/mol. The summed E-state index contributed by atoms with van der Waals surface area (Å²) in [5, 5.41) is 9.34. The van der Waals surface area contributed by atoms with E-state index in [9.17, 15) is 19.1 Å². The normalized spacial score (nSPS) is 11.7. The highest BCUT2D eigenvalue weighted by atomic mass is 19.1. The summed E-state index contributed by atoms with van der Waals surface area (Å²) in [4.78, 5) is 27.9. The summed E-state index contributed by atoms with van der Waals surface area (Å²) in [5.41, 5.74) is -0.211. The van der Waals surface area contributed by atoms with Crippen LogP contribution in [0, 0.1) is 5.82 Å². The Morgan fingerprint density at radius 2 is 2.00 bits per heavy atom. The zero-order valence-corrected chi connectivity index (χ0v) is 14.1. The van der Waals surface area contributed by atoms with Gasteiger partial charge in [0.2, 0.25) is 5.43 Å². The van der Waals surface area contributed by atoms with Crippen molar-refractivity contribution in [3.05, 3.63) is 64.5 Å². The number of aromatic carboxylic acids is 1. The number of carboxylic acids is 1. The van der Waals surface area contributed by atoms with Crippen LogP contribution in [0.2, 0.25) is 0 Å². The number of halogens is 1. The molecule has 3 aromatic rings. The second-order valence-corrected chi connectivity index (χ2v) is 6.81. The first-order chi connectivity index (χ1) is 11.7. The van der Waals surface area contributed by atoms with Crippen molar-refractivity contribution in [3.63, 3.8) is 0 Å². The van der Waals surface area contributed by atoms with E-state index in [1.54, 1.807) is 29.0 Å². The van der Waals surface area contributed by atoms with Crippen LogP contribution in [-0.4, -0.2) is 20.6 Å². The average Bonchev–Trinajstić information content (AvgIpc) is 2.54. The maximum Gasteiger partial charge on any atom is 0.341 e. The molecular weight excluding hydrogens is 323 g/mol. The highest BCUT2D eigenvalue weighted by Gasteiger charge is 2.22. The van der Waals surface area contributed by atoms with Gasteiger partial charge in [0, 0.05) is 40.6 Å². The topological polar surface area (TPSA) is 72.2 Å². The Labute approximate surface area is 143 Å². The third-order valence-corrected chi connectivity index (χ3v) is 4.02. The summed E-state index contributed by atoms with van der Waals surface area (Å²) < 4.78 is 16.3. The molecular formula is C19H17FN2O3. The summed E-state index contributed by atoms with van der Waals surface area (Å²) in [6.07, 6.45) is 4.44. The van der Waals surface area contributed by atoms with Crippen LogP contribution in [0.1, 0.15) is 31.1 Å². The number of nitrogens with zero attached hydrogens (tertiary/aromatic N) is 2. The van der Waals surface area contributed by atoms with Crippen LogP contribution in [0.25, 0.3) is 22.0 Å². The maximum atomic E-state index is 14.6. The Kier molecular flexibility index (Phi) is 3.91. The molecule has 0 fully saturated rings. The number of hydrogen-bond donors (Lipinski definition) is 1. The smallest absolute Gasteiger partial charge is 0.341 e. The first-order valence-electron chi connectivity index (χ1n) is 7.73. The predicted octanol–water partition coefficient (Wildman–Crippen LogP) is 3.66. The van der Waals surface area contributed by atoms with Crippen LogP contribution in [0.15, 0.2) is 47.7 Å². The lowest BCUT2D eigenvalue weighted by molar-refractivity contribution is 0.0694. The first-order valence-corrected chi connectivity index (χ1v) is 7.73. The summed E-state index contributed by atoms with van der Waals surface area (Å²) in [6, 6.07) is 6.10. The largest absolute Gasteiger partial charge is 0.477 e. The molecule has 0 aliphatic rings. The lowest BCUT2D eigenvalue weighted by atomic mass is 10.00. The molecule has 0 atom stereocenters. The van der Waals surface area contributed by atoms with Crippen molar-refractivity contribution >= 4 is 16.9 Å². The number of fused-ring (bicyclic) bond motifs is 1. The molecule has 6 heteroatoms. The minimum absolute atomic E-state index is 0.0416. The van der Waals surface area contributed by atoms with Crippen molar-refractivity contribution in [1.82, 2.24) is 9.55 Å². The molecule has 2 heterocycles. The van der Waals surface area contributed by atoms with Crippen LogP contribution < -0.4 is 5.43 Å². The molecule has 0 aliphatic heterocycles. The zero-order chi connectivity index (χ0) is 18.4. The van der Waals surface area contributed by atoms with Crippen molar-refractivity contribution in [1.29, 1.82) is 0 Å². The molecule has 25 heavy (non-hydrogen) atoms. The number of carboxylic acid groups (broad SMARTS) is 1. The van der Waals surface area contributed by atoms with Crippen molar-refractivity contribution in [3.8, 4) is 11.1 Å². The van der Waals surface area contributed by atoms with Crippen molar-refractivity contribution in [2.75, 3.05) is 0 Å². The molecule has 0 bridgehead atoms. The van der Waals surface area contributed by atoms with Gasteiger partial charge in [-0.1, -0.05) is 6.07 Å². The van der Waals surface area contributed by atoms with Gasteiger partial charge in [-0.25, -0.2) is 9.18 Å². The highest BCUT2D eigenvalue weighted by Crippen LogP contribution is 2.29. The van der Waals surface area contributed by atoms with Gasteiger partial charge in [0.15, 0.2) is 0 Å². The monoisotopic (exact) mass is 340 g/mol. The van der Waals surface area contributed by atoms with Crippen LogP contribution >= 0.6 is 0 Å². The molecule has 0 unspecified atom stereocenters. The Morgan fingerprint density at radius 3 is 2.56 bits per heavy atom. The van der Waals surface area contributed by atoms with Gasteiger partial charge < -0.3 is 9.67 Å². The molecule has 1 aromatic carbocycles. The van der Waals surface area contributed by atoms with Gasteiger partial charge >= 0.3 is 5.97 Å². The van der Waals surface area contributed by atoms with Gasteiger partial charge in [-0.05, 0) is 39.0 Å². The van der Waals surface area contributed by atoms with E-state index in [2.05, 4.69) is 4.98 Å². The fraction of sp³-hybridized carbons (Fsp3) is 0.211. The summed E-state index contributed by atoms with van der Waals surface area (Å²) in [5.74, 6) is -1.93. The van der Waals surface area contributed by atoms with Crippen LogP contribution in [-0.2, 0) is 5.54 Å². The van der Waals surface area contributed by atoms with Gasteiger partial charge in [-0.3, -0.25) is 9.78 Å². The van der Waals surface area contributed by atoms with E-state index in [0.29, 0.717) is 16.6 Å². The first kappa shape index (κ1) is 16.8. The lowest BCUT2D eigenvalue weighted by Crippen LogP contribution is -2.27. The fourth-order valence-corrected chi connectivity index (χ4v) is 2.80. The SMILES string of the molecule is CC(C)(C)n1cc(C(=O)O)c(=O)c2cc(F)c(-c3cccnc3)cc21.